The first-order valence-electron chi connectivity index (χ1n) is 13.7. The third kappa shape index (κ3) is 8.71. The molecule has 1 aliphatic rings. The van der Waals surface area contributed by atoms with Gasteiger partial charge in [0.15, 0.2) is 17.3 Å². The number of aliphatic hydroxyl groups excluding tert-OH is 1. The third-order valence-electron chi connectivity index (χ3n) is 7.27. The van der Waals surface area contributed by atoms with Crippen molar-refractivity contribution in [2.24, 2.45) is 5.92 Å². The number of hydrogen-bond donors (Lipinski definition) is 2. The average Bonchev–Trinajstić information content (AvgIpc) is 3.31. The standard InChI is InChI=1S/C30H41N3O5S/c1-22-26(32-30(38-22)25-10-11-27(36-2)28(19-25)37-3)20-39(35)21-29(34)31-14-7-15-33-16-12-24(13-17-33)18-23-8-5-4-6-9-23/h4-6,8-11,19,24,29,31,34H,7,12-18,20-21H2,1-3H3. The summed E-state index contributed by atoms with van der Waals surface area (Å²) < 4.78 is 29.2. The van der Waals surface area contributed by atoms with Crippen LogP contribution in [0.4, 0.5) is 0 Å². The van der Waals surface area contributed by atoms with Gasteiger partial charge in [0.1, 0.15) is 23.4 Å². The number of aromatic nitrogens is 1. The van der Waals surface area contributed by atoms with Crippen molar-refractivity contribution in [3.63, 3.8) is 0 Å². The summed E-state index contributed by atoms with van der Waals surface area (Å²) in [5.74, 6) is 3.38. The molecule has 0 radical (unpaired) electrons. The van der Waals surface area contributed by atoms with Crippen LogP contribution in [-0.2, 0) is 23.3 Å². The summed E-state index contributed by atoms with van der Waals surface area (Å²) in [7, 11) is 3.16. The lowest BCUT2D eigenvalue weighted by molar-refractivity contribution is 0.150. The summed E-state index contributed by atoms with van der Waals surface area (Å²) in [6.45, 7) is 5.77. The number of nitrogens with zero attached hydrogens (tertiary/aromatic N) is 2. The van der Waals surface area contributed by atoms with Gasteiger partial charge in [-0.1, -0.05) is 30.3 Å². The molecule has 1 saturated heterocycles. The van der Waals surface area contributed by atoms with E-state index in [1.165, 1.54) is 24.8 Å². The van der Waals surface area contributed by atoms with E-state index in [1.54, 1.807) is 26.4 Å². The molecule has 212 valence electrons. The Labute approximate surface area is 234 Å². The maximum Gasteiger partial charge on any atom is 0.226 e. The quantitative estimate of drug-likeness (QED) is 0.174. The summed E-state index contributed by atoms with van der Waals surface area (Å²) >= 11 is -1.29. The topological polar surface area (TPSA) is 103 Å². The van der Waals surface area contributed by atoms with Crippen molar-refractivity contribution in [3.05, 3.63) is 65.5 Å². The second-order valence-electron chi connectivity index (χ2n) is 10.1. The highest BCUT2D eigenvalue weighted by atomic mass is 32.2. The molecule has 2 atom stereocenters. The van der Waals surface area contributed by atoms with Gasteiger partial charge in [-0.25, -0.2) is 4.98 Å². The average molecular weight is 556 g/mol. The molecule has 0 bridgehead atoms. The van der Waals surface area contributed by atoms with Crippen LogP contribution in [0, 0.1) is 12.8 Å². The number of nitrogens with one attached hydrogen (secondary N) is 1. The van der Waals surface area contributed by atoms with Crippen LogP contribution in [0.1, 0.15) is 36.3 Å². The van der Waals surface area contributed by atoms with E-state index in [9.17, 15) is 9.66 Å². The number of aryl methyl sites for hydroxylation is 1. The van der Waals surface area contributed by atoms with Gasteiger partial charge in [-0.15, -0.1) is 0 Å². The summed E-state index contributed by atoms with van der Waals surface area (Å²) in [6.07, 6.45) is 3.77. The van der Waals surface area contributed by atoms with Crippen molar-refractivity contribution in [2.45, 2.75) is 44.6 Å². The Bertz CT molecular complexity index is 1150. The predicted octanol–water partition coefficient (Wildman–Crippen LogP) is 4.17. The molecule has 9 heteroatoms. The Morgan fingerprint density at radius 2 is 1.87 bits per heavy atom. The number of likely N-dealkylation sites (tertiary alicyclic amines) is 1. The number of aliphatic hydroxyl groups is 1. The zero-order valence-electron chi connectivity index (χ0n) is 23.2. The highest BCUT2D eigenvalue weighted by Crippen LogP contribution is 2.33. The number of rotatable bonds is 14. The highest BCUT2D eigenvalue weighted by molar-refractivity contribution is 7.90. The smallest absolute Gasteiger partial charge is 0.226 e. The first-order chi connectivity index (χ1) is 18.9. The molecule has 0 spiro atoms. The minimum Gasteiger partial charge on any atom is -0.616 e. The van der Waals surface area contributed by atoms with E-state index in [-0.39, 0.29) is 11.5 Å². The number of hydrogen-bond acceptors (Lipinski definition) is 8. The summed E-state index contributed by atoms with van der Waals surface area (Å²) in [6, 6.07) is 16.2. The highest BCUT2D eigenvalue weighted by Gasteiger charge is 2.22. The SMILES string of the molecule is COc1ccc(-c2nc(C[S+]([O-])CC(O)NCCCN3CCC(Cc4ccccc4)CC3)c(C)o2)cc1OC. The Balaban J connectivity index is 1.14. The second kappa shape index (κ2) is 14.7. The van der Waals surface area contributed by atoms with E-state index in [2.05, 4.69) is 45.5 Å². The van der Waals surface area contributed by atoms with Gasteiger partial charge in [-0.05, 0) is 99.6 Å². The molecule has 39 heavy (non-hydrogen) atoms. The normalized spacial score (nSPS) is 16.2. The Morgan fingerprint density at radius 1 is 1.13 bits per heavy atom. The number of ether oxygens (including phenoxy) is 2. The van der Waals surface area contributed by atoms with E-state index in [1.807, 2.05) is 13.0 Å². The minimum atomic E-state index is -1.29. The van der Waals surface area contributed by atoms with Crippen LogP contribution in [0.25, 0.3) is 11.5 Å². The maximum atomic E-state index is 12.7. The van der Waals surface area contributed by atoms with Crippen LogP contribution < -0.4 is 14.8 Å². The Morgan fingerprint density at radius 3 is 2.59 bits per heavy atom. The number of benzene rings is 2. The maximum absolute atomic E-state index is 12.7. The van der Waals surface area contributed by atoms with Gasteiger partial charge in [0.05, 0.1) is 14.2 Å². The zero-order chi connectivity index (χ0) is 27.6. The second-order valence-corrected chi connectivity index (χ2v) is 11.6. The molecule has 4 rings (SSSR count). The minimum absolute atomic E-state index is 0.142. The first-order valence-corrected chi connectivity index (χ1v) is 15.2. The van der Waals surface area contributed by atoms with Crippen molar-refractivity contribution in [3.8, 4) is 23.0 Å². The van der Waals surface area contributed by atoms with Gasteiger partial charge in [-0.3, -0.25) is 5.32 Å². The van der Waals surface area contributed by atoms with Crippen molar-refractivity contribution < 1.29 is 23.6 Å². The Kier molecular flexibility index (Phi) is 11.1. The van der Waals surface area contributed by atoms with E-state index in [0.717, 1.165) is 37.5 Å². The van der Waals surface area contributed by atoms with E-state index < -0.39 is 17.4 Å². The van der Waals surface area contributed by atoms with Crippen LogP contribution in [-0.4, -0.2) is 71.9 Å². The molecule has 0 saturated carbocycles. The predicted molar refractivity (Wildman–Crippen MR) is 154 cm³/mol. The first kappa shape index (κ1) is 29.4. The lowest BCUT2D eigenvalue weighted by Gasteiger charge is -2.32. The van der Waals surface area contributed by atoms with Gasteiger partial charge >= 0.3 is 0 Å². The van der Waals surface area contributed by atoms with Crippen molar-refractivity contribution in [1.29, 1.82) is 0 Å². The largest absolute Gasteiger partial charge is 0.616 e. The summed E-state index contributed by atoms with van der Waals surface area (Å²) in [5.41, 5.74) is 2.81. The van der Waals surface area contributed by atoms with Crippen molar-refractivity contribution in [1.82, 2.24) is 15.2 Å². The molecule has 2 aromatic carbocycles. The van der Waals surface area contributed by atoms with Crippen LogP contribution >= 0.6 is 0 Å². The molecule has 3 aromatic rings. The van der Waals surface area contributed by atoms with E-state index in [4.69, 9.17) is 13.9 Å². The molecule has 1 fully saturated rings. The zero-order valence-corrected chi connectivity index (χ0v) is 24.0. The molecular formula is C30H41N3O5S. The van der Waals surface area contributed by atoms with Crippen molar-refractivity contribution >= 4 is 11.2 Å². The third-order valence-corrected chi connectivity index (χ3v) is 8.55. The molecule has 8 nitrogen and oxygen atoms in total. The fourth-order valence-electron chi connectivity index (χ4n) is 5.03. The summed E-state index contributed by atoms with van der Waals surface area (Å²) in [5, 5.41) is 13.5. The van der Waals surface area contributed by atoms with E-state index in [0.29, 0.717) is 35.4 Å². The van der Waals surface area contributed by atoms with Crippen LogP contribution in [0.2, 0.25) is 0 Å². The fraction of sp³-hybridized carbons (Fsp3) is 0.500. The molecule has 2 N–H and O–H groups in total. The van der Waals surface area contributed by atoms with Crippen LogP contribution in [0.3, 0.4) is 0 Å². The number of piperidine rings is 1. The lowest BCUT2D eigenvalue weighted by Crippen LogP contribution is -2.39. The number of methoxy groups -OCH3 is 2. The molecule has 1 aromatic heterocycles. The molecule has 2 heterocycles. The van der Waals surface area contributed by atoms with Crippen molar-refractivity contribution in [2.75, 3.05) is 46.2 Å². The van der Waals surface area contributed by atoms with E-state index >= 15 is 0 Å². The monoisotopic (exact) mass is 555 g/mol. The molecule has 2 unspecified atom stereocenters. The van der Waals surface area contributed by atoms with Gasteiger partial charge in [0.25, 0.3) is 0 Å². The van der Waals surface area contributed by atoms with Gasteiger partial charge in [0, 0.05) is 5.56 Å². The molecule has 0 amide bonds. The molecule has 1 aliphatic heterocycles. The van der Waals surface area contributed by atoms with Gasteiger partial charge < -0.3 is 28.5 Å². The fourth-order valence-corrected chi connectivity index (χ4v) is 6.19. The van der Waals surface area contributed by atoms with Gasteiger partial charge in [0.2, 0.25) is 5.89 Å². The van der Waals surface area contributed by atoms with Gasteiger partial charge in [-0.2, -0.15) is 0 Å². The lowest BCUT2D eigenvalue weighted by atomic mass is 9.90. The Hall–Kier alpha value is -2.56. The van der Waals surface area contributed by atoms with Crippen LogP contribution in [0.5, 0.6) is 11.5 Å². The number of oxazole rings is 1. The summed E-state index contributed by atoms with van der Waals surface area (Å²) in [4.78, 5) is 7.06. The molecular weight excluding hydrogens is 514 g/mol. The molecule has 0 aliphatic carbocycles. The van der Waals surface area contributed by atoms with Crippen LogP contribution in [0.15, 0.2) is 52.9 Å².